The van der Waals surface area contributed by atoms with Gasteiger partial charge in [-0.1, -0.05) is 64.2 Å². The largest absolute Gasteiger partial charge is 0.330 e. The summed E-state index contributed by atoms with van der Waals surface area (Å²) in [5.74, 6) is 1.06. The molecule has 0 aliphatic heterocycles. The number of thiol groups is 1. The van der Waals surface area contributed by atoms with E-state index >= 15 is 0 Å². The second-order valence-corrected chi connectivity index (χ2v) is 5.20. The van der Waals surface area contributed by atoms with Gasteiger partial charge in [0.15, 0.2) is 0 Å². The summed E-state index contributed by atoms with van der Waals surface area (Å²) in [4.78, 5) is 0. The molecule has 2 N–H and O–H groups in total. The van der Waals surface area contributed by atoms with Gasteiger partial charge in [-0.3, -0.25) is 0 Å². The van der Waals surface area contributed by atoms with Gasteiger partial charge in [0.2, 0.25) is 0 Å². The molecule has 0 saturated heterocycles. The Hall–Kier alpha value is 0.310. The van der Waals surface area contributed by atoms with Crippen molar-refractivity contribution in [1.82, 2.24) is 0 Å². The first-order chi connectivity index (χ1) is 7.91. The summed E-state index contributed by atoms with van der Waals surface area (Å²) in [5, 5.41) is 0. The van der Waals surface area contributed by atoms with Crippen molar-refractivity contribution in [2.45, 2.75) is 77.0 Å². The minimum absolute atomic E-state index is 0.867. The van der Waals surface area contributed by atoms with Crippen molar-refractivity contribution in [3.8, 4) is 0 Å². The van der Waals surface area contributed by atoms with Crippen molar-refractivity contribution in [2.75, 3.05) is 12.3 Å². The van der Waals surface area contributed by atoms with Crippen molar-refractivity contribution in [3.05, 3.63) is 0 Å². The molecule has 0 fully saturated rings. The van der Waals surface area contributed by atoms with Crippen LogP contribution in [0.3, 0.4) is 0 Å². The molecule has 0 spiro atoms. The van der Waals surface area contributed by atoms with Crippen LogP contribution >= 0.6 is 12.6 Å². The summed E-state index contributed by atoms with van der Waals surface area (Å²) in [7, 11) is 0. The molecule has 0 aromatic carbocycles. The third-order valence-electron chi connectivity index (χ3n) is 3.11. The van der Waals surface area contributed by atoms with Crippen LogP contribution in [0.15, 0.2) is 0 Å². The summed E-state index contributed by atoms with van der Waals surface area (Å²) in [6.45, 7) is 0.867. The van der Waals surface area contributed by atoms with Crippen LogP contribution < -0.4 is 5.73 Å². The molecule has 16 heavy (non-hydrogen) atoms. The predicted octanol–water partition coefficient (Wildman–Crippen LogP) is 4.56. The number of hydrogen-bond donors (Lipinski definition) is 2. The fourth-order valence-corrected chi connectivity index (χ4v) is 2.25. The Bertz CT molecular complexity index is 103. The van der Waals surface area contributed by atoms with Crippen LogP contribution in [0.25, 0.3) is 0 Å². The first-order valence-corrected chi connectivity index (χ1v) is 7.86. The molecule has 0 heterocycles. The molecule has 0 aromatic heterocycles. The van der Waals surface area contributed by atoms with Crippen LogP contribution in [-0.2, 0) is 0 Å². The van der Waals surface area contributed by atoms with E-state index in [0.29, 0.717) is 0 Å². The maximum Gasteiger partial charge on any atom is -0.00773 e. The number of rotatable bonds is 13. The Morgan fingerprint density at radius 1 is 0.500 bits per heavy atom. The number of nitrogens with two attached hydrogens (primary N) is 1. The van der Waals surface area contributed by atoms with Gasteiger partial charge in [0.25, 0.3) is 0 Å². The Labute approximate surface area is 108 Å². The smallest absolute Gasteiger partial charge is 0.00773 e. The first kappa shape index (κ1) is 16.3. The van der Waals surface area contributed by atoms with Crippen LogP contribution in [0.2, 0.25) is 0 Å². The molecule has 0 amide bonds. The van der Waals surface area contributed by atoms with Gasteiger partial charge >= 0.3 is 0 Å². The van der Waals surface area contributed by atoms with E-state index < -0.39 is 0 Å². The second kappa shape index (κ2) is 15.3. The van der Waals surface area contributed by atoms with E-state index in [-0.39, 0.29) is 0 Å². The highest BCUT2D eigenvalue weighted by Gasteiger charge is 1.92. The van der Waals surface area contributed by atoms with Crippen LogP contribution in [-0.4, -0.2) is 12.3 Å². The lowest BCUT2D eigenvalue weighted by molar-refractivity contribution is 0.545. The average molecular weight is 245 g/mol. The van der Waals surface area contributed by atoms with E-state index in [4.69, 9.17) is 5.73 Å². The lowest BCUT2D eigenvalue weighted by atomic mass is 10.1. The van der Waals surface area contributed by atoms with E-state index in [9.17, 15) is 0 Å². The minimum Gasteiger partial charge on any atom is -0.330 e. The minimum atomic E-state index is 0.867. The number of hydrogen-bond acceptors (Lipinski definition) is 2. The zero-order chi connectivity index (χ0) is 11.9. The average Bonchev–Trinajstić information content (AvgIpc) is 2.31. The summed E-state index contributed by atoms with van der Waals surface area (Å²) < 4.78 is 0. The van der Waals surface area contributed by atoms with Gasteiger partial charge in [0.1, 0.15) is 0 Å². The van der Waals surface area contributed by atoms with Gasteiger partial charge in [0.05, 0.1) is 0 Å². The van der Waals surface area contributed by atoms with Crippen molar-refractivity contribution in [3.63, 3.8) is 0 Å². The van der Waals surface area contributed by atoms with E-state index in [0.717, 1.165) is 12.3 Å². The molecule has 0 aliphatic rings. The third kappa shape index (κ3) is 14.3. The summed E-state index contributed by atoms with van der Waals surface area (Å²) >= 11 is 4.22. The van der Waals surface area contributed by atoms with Crippen molar-refractivity contribution < 1.29 is 0 Å². The Morgan fingerprint density at radius 2 is 0.812 bits per heavy atom. The number of unbranched alkanes of at least 4 members (excludes halogenated alkanes) is 11. The first-order valence-electron chi connectivity index (χ1n) is 7.22. The lowest BCUT2D eigenvalue weighted by Gasteiger charge is -2.02. The van der Waals surface area contributed by atoms with Gasteiger partial charge in [-0.05, 0) is 25.1 Å². The Balaban J connectivity index is 2.83. The van der Waals surface area contributed by atoms with Gasteiger partial charge in [-0.25, -0.2) is 0 Å². The van der Waals surface area contributed by atoms with Crippen LogP contribution in [0, 0.1) is 0 Å². The lowest BCUT2D eigenvalue weighted by Crippen LogP contribution is -1.97. The highest BCUT2D eigenvalue weighted by atomic mass is 32.1. The Morgan fingerprint density at radius 3 is 1.12 bits per heavy atom. The third-order valence-corrected chi connectivity index (χ3v) is 3.43. The molecule has 0 rings (SSSR count). The topological polar surface area (TPSA) is 26.0 Å². The van der Waals surface area contributed by atoms with Gasteiger partial charge in [-0.15, -0.1) is 0 Å². The zero-order valence-corrected chi connectivity index (χ0v) is 11.8. The van der Waals surface area contributed by atoms with E-state index in [1.165, 1.54) is 77.0 Å². The zero-order valence-electron chi connectivity index (χ0n) is 10.9. The maximum atomic E-state index is 5.45. The Kier molecular flexibility index (Phi) is 15.6. The molecular weight excluding hydrogens is 214 g/mol. The van der Waals surface area contributed by atoms with Crippen LogP contribution in [0.1, 0.15) is 77.0 Å². The summed E-state index contributed by atoms with van der Waals surface area (Å²) in [6, 6.07) is 0. The van der Waals surface area contributed by atoms with Gasteiger partial charge in [-0.2, -0.15) is 12.6 Å². The van der Waals surface area contributed by atoms with E-state index in [2.05, 4.69) is 12.6 Å². The fraction of sp³-hybridized carbons (Fsp3) is 1.00. The molecule has 0 bridgehead atoms. The molecule has 1 nitrogen and oxygen atoms in total. The normalized spacial score (nSPS) is 10.9. The van der Waals surface area contributed by atoms with E-state index in [1.807, 2.05) is 0 Å². The molecular formula is C14H31NS. The second-order valence-electron chi connectivity index (χ2n) is 4.75. The fourth-order valence-electron chi connectivity index (χ4n) is 2.02. The molecule has 0 saturated carbocycles. The molecule has 0 radical (unpaired) electrons. The monoisotopic (exact) mass is 245 g/mol. The van der Waals surface area contributed by atoms with Crippen LogP contribution in [0.5, 0.6) is 0 Å². The van der Waals surface area contributed by atoms with Gasteiger partial charge < -0.3 is 5.73 Å². The maximum absolute atomic E-state index is 5.45. The van der Waals surface area contributed by atoms with Crippen molar-refractivity contribution in [2.24, 2.45) is 5.73 Å². The molecule has 0 atom stereocenters. The molecule has 0 unspecified atom stereocenters. The standard InChI is InChI=1S/C14H31NS/c15-13-11-9-7-5-3-1-2-4-6-8-10-12-14-16/h16H,1-15H2. The summed E-state index contributed by atoms with van der Waals surface area (Å²) in [5.41, 5.74) is 5.45. The molecule has 0 aliphatic carbocycles. The highest BCUT2D eigenvalue weighted by Crippen LogP contribution is 2.11. The molecule has 2 heteroatoms. The van der Waals surface area contributed by atoms with Crippen molar-refractivity contribution >= 4 is 12.6 Å². The van der Waals surface area contributed by atoms with Crippen molar-refractivity contribution in [1.29, 1.82) is 0 Å². The predicted molar refractivity (Wildman–Crippen MR) is 78.3 cm³/mol. The SMILES string of the molecule is NCCCCCCCCCCCCCCS. The quantitative estimate of drug-likeness (QED) is 0.361. The van der Waals surface area contributed by atoms with Crippen LogP contribution in [0.4, 0.5) is 0 Å². The highest BCUT2D eigenvalue weighted by molar-refractivity contribution is 7.80. The van der Waals surface area contributed by atoms with E-state index in [1.54, 1.807) is 0 Å². The molecule has 98 valence electrons. The molecule has 0 aromatic rings. The van der Waals surface area contributed by atoms with Gasteiger partial charge in [0, 0.05) is 0 Å². The summed E-state index contributed by atoms with van der Waals surface area (Å²) in [6.07, 6.45) is 16.6.